The summed E-state index contributed by atoms with van der Waals surface area (Å²) in [5.41, 5.74) is 10.6. The van der Waals surface area contributed by atoms with E-state index in [-0.39, 0.29) is 0 Å². The van der Waals surface area contributed by atoms with E-state index >= 15 is 0 Å². The van der Waals surface area contributed by atoms with Crippen LogP contribution >= 0.6 is 0 Å². The molecule has 53 heavy (non-hydrogen) atoms. The number of para-hydroxylation sites is 1. The Morgan fingerprint density at radius 3 is 1.62 bits per heavy atom. The van der Waals surface area contributed by atoms with E-state index in [2.05, 4.69) is 217 Å². The lowest BCUT2D eigenvalue weighted by Gasteiger charge is -2.32. The molecule has 0 heterocycles. The molecule has 0 unspecified atom stereocenters. The van der Waals surface area contributed by atoms with Gasteiger partial charge in [-0.2, -0.15) is 0 Å². The highest BCUT2D eigenvalue weighted by molar-refractivity contribution is 6.24. The highest BCUT2D eigenvalue weighted by Gasteiger charge is 2.26. The molecule has 0 aliphatic heterocycles. The molecule has 1 heteroatoms. The standard InChI is InChI=1S/C52H35N/c1-2-16-39(17-3-1)44-22-12-13-28-50(44)53(42-33-31-37(32-34-42)41-30-29-36-15-4-5-19-40(36)35-41)52-49-26-11-9-24-46(49)45-23-8-10-25-48(45)51(52)47-27-14-20-38-18-6-7-21-43(38)47/h1-35H. The normalized spacial score (nSPS) is 11.4. The first-order valence-corrected chi connectivity index (χ1v) is 18.3. The lowest BCUT2D eigenvalue weighted by atomic mass is 9.87. The van der Waals surface area contributed by atoms with Gasteiger partial charge in [0.2, 0.25) is 0 Å². The molecule has 0 saturated carbocycles. The van der Waals surface area contributed by atoms with Gasteiger partial charge in [0.1, 0.15) is 0 Å². The summed E-state index contributed by atoms with van der Waals surface area (Å²) in [7, 11) is 0. The molecular weight excluding hydrogens is 639 g/mol. The van der Waals surface area contributed by atoms with Crippen molar-refractivity contribution >= 4 is 60.2 Å². The van der Waals surface area contributed by atoms with Crippen molar-refractivity contribution in [2.75, 3.05) is 4.90 Å². The lowest BCUT2D eigenvalue weighted by Crippen LogP contribution is -2.13. The first-order chi connectivity index (χ1) is 26.3. The van der Waals surface area contributed by atoms with Crippen LogP contribution in [0.3, 0.4) is 0 Å². The zero-order valence-corrected chi connectivity index (χ0v) is 29.2. The van der Waals surface area contributed by atoms with Crippen molar-refractivity contribution in [1.29, 1.82) is 0 Å². The summed E-state index contributed by atoms with van der Waals surface area (Å²) >= 11 is 0. The third-order valence-electron chi connectivity index (χ3n) is 10.6. The van der Waals surface area contributed by atoms with E-state index in [1.165, 1.54) is 76.5 Å². The number of anilines is 3. The summed E-state index contributed by atoms with van der Waals surface area (Å²) in [5, 5.41) is 9.87. The Morgan fingerprint density at radius 2 is 0.830 bits per heavy atom. The topological polar surface area (TPSA) is 3.24 Å². The fourth-order valence-corrected chi connectivity index (χ4v) is 8.16. The smallest absolute Gasteiger partial charge is 0.0625 e. The summed E-state index contributed by atoms with van der Waals surface area (Å²) < 4.78 is 0. The molecule has 0 N–H and O–H groups in total. The molecule has 1 nitrogen and oxygen atoms in total. The minimum absolute atomic E-state index is 1.10. The molecule has 10 aromatic carbocycles. The zero-order chi connectivity index (χ0) is 35.1. The van der Waals surface area contributed by atoms with Crippen molar-refractivity contribution in [1.82, 2.24) is 0 Å². The largest absolute Gasteiger partial charge is 0.309 e. The van der Waals surface area contributed by atoms with Gasteiger partial charge in [0.25, 0.3) is 0 Å². The number of nitrogens with zero attached hydrogens (tertiary/aromatic N) is 1. The van der Waals surface area contributed by atoms with Gasteiger partial charge in [0.15, 0.2) is 0 Å². The molecule has 10 aromatic rings. The van der Waals surface area contributed by atoms with Crippen LogP contribution in [0.5, 0.6) is 0 Å². The van der Waals surface area contributed by atoms with Crippen LogP contribution in [-0.2, 0) is 0 Å². The van der Waals surface area contributed by atoms with Crippen LogP contribution in [0.4, 0.5) is 17.1 Å². The number of benzene rings is 10. The third-order valence-corrected chi connectivity index (χ3v) is 10.6. The summed E-state index contributed by atoms with van der Waals surface area (Å²) in [4.78, 5) is 2.51. The summed E-state index contributed by atoms with van der Waals surface area (Å²) in [5.74, 6) is 0. The Kier molecular flexibility index (Phi) is 7.55. The molecule has 0 saturated heterocycles. The Bertz CT molecular complexity index is 2940. The van der Waals surface area contributed by atoms with Crippen molar-refractivity contribution in [2.24, 2.45) is 0 Å². The minimum atomic E-state index is 1.10. The maximum Gasteiger partial charge on any atom is 0.0625 e. The van der Waals surface area contributed by atoms with Gasteiger partial charge in [-0.05, 0) is 84.2 Å². The average Bonchev–Trinajstić information content (AvgIpc) is 3.24. The van der Waals surface area contributed by atoms with Crippen LogP contribution in [-0.4, -0.2) is 0 Å². The quantitative estimate of drug-likeness (QED) is 0.159. The molecule has 0 bridgehead atoms. The van der Waals surface area contributed by atoms with Gasteiger partial charge in [-0.3, -0.25) is 0 Å². The molecular formula is C52H35N. The Morgan fingerprint density at radius 1 is 0.283 bits per heavy atom. The van der Waals surface area contributed by atoms with E-state index < -0.39 is 0 Å². The van der Waals surface area contributed by atoms with Crippen LogP contribution in [0.1, 0.15) is 0 Å². The van der Waals surface area contributed by atoms with Gasteiger partial charge in [-0.25, -0.2) is 0 Å². The second kappa shape index (κ2) is 13.0. The highest BCUT2D eigenvalue weighted by atomic mass is 15.1. The van der Waals surface area contributed by atoms with Crippen molar-refractivity contribution in [2.45, 2.75) is 0 Å². The Hall–Kier alpha value is -6.96. The second-order valence-electron chi connectivity index (χ2n) is 13.7. The van der Waals surface area contributed by atoms with Gasteiger partial charge in [0, 0.05) is 22.2 Å². The number of hydrogen-bond donors (Lipinski definition) is 0. The van der Waals surface area contributed by atoms with E-state index in [0.717, 1.165) is 17.1 Å². The van der Waals surface area contributed by atoms with Gasteiger partial charge in [-0.15, -0.1) is 0 Å². The molecule has 0 aromatic heterocycles. The summed E-state index contributed by atoms with van der Waals surface area (Å²) in [6.07, 6.45) is 0. The van der Waals surface area contributed by atoms with Crippen LogP contribution in [0.2, 0.25) is 0 Å². The average molecular weight is 674 g/mol. The van der Waals surface area contributed by atoms with Crippen molar-refractivity contribution in [3.63, 3.8) is 0 Å². The maximum absolute atomic E-state index is 2.51. The SMILES string of the molecule is c1ccc(-c2ccccc2N(c2ccc(-c3ccc4ccccc4c3)cc2)c2c(-c3cccc4ccccc34)c3ccccc3c3ccccc23)cc1. The van der Waals surface area contributed by atoms with Crippen LogP contribution in [0, 0.1) is 0 Å². The van der Waals surface area contributed by atoms with Crippen molar-refractivity contribution in [3.05, 3.63) is 212 Å². The van der Waals surface area contributed by atoms with Crippen molar-refractivity contribution < 1.29 is 0 Å². The molecule has 0 atom stereocenters. The van der Waals surface area contributed by atoms with Crippen molar-refractivity contribution in [3.8, 4) is 33.4 Å². The van der Waals surface area contributed by atoms with Crippen LogP contribution < -0.4 is 4.90 Å². The molecule has 0 spiro atoms. The Labute approximate surface area is 309 Å². The van der Waals surface area contributed by atoms with E-state index in [4.69, 9.17) is 0 Å². The maximum atomic E-state index is 2.51. The molecule has 0 amide bonds. The summed E-state index contributed by atoms with van der Waals surface area (Å²) in [6, 6.07) is 77.4. The van der Waals surface area contributed by atoms with E-state index in [0.29, 0.717) is 0 Å². The molecule has 0 radical (unpaired) electrons. The van der Waals surface area contributed by atoms with Gasteiger partial charge >= 0.3 is 0 Å². The first kappa shape index (κ1) is 30.8. The first-order valence-electron chi connectivity index (χ1n) is 18.3. The zero-order valence-electron chi connectivity index (χ0n) is 29.2. The summed E-state index contributed by atoms with van der Waals surface area (Å²) in [6.45, 7) is 0. The predicted octanol–water partition coefficient (Wildman–Crippen LogP) is 14.8. The number of hydrogen-bond acceptors (Lipinski definition) is 1. The molecule has 0 aliphatic rings. The minimum Gasteiger partial charge on any atom is -0.309 e. The molecule has 10 rings (SSSR count). The molecule has 0 aliphatic carbocycles. The van der Waals surface area contributed by atoms with E-state index in [9.17, 15) is 0 Å². The Balaban J connectivity index is 1.31. The fourth-order valence-electron chi connectivity index (χ4n) is 8.16. The van der Waals surface area contributed by atoms with Gasteiger partial charge < -0.3 is 4.90 Å². The monoisotopic (exact) mass is 673 g/mol. The highest BCUT2D eigenvalue weighted by Crippen LogP contribution is 2.52. The van der Waals surface area contributed by atoms with Gasteiger partial charge in [0.05, 0.1) is 11.4 Å². The van der Waals surface area contributed by atoms with E-state index in [1.54, 1.807) is 0 Å². The van der Waals surface area contributed by atoms with Crippen LogP contribution in [0.15, 0.2) is 212 Å². The second-order valence-corrected chi connectivity index (χ2v) is 13.7. The predicted molar refractivity (Wildman–Crippen MR) is 227 cm³/mol. The number of rotatable bonds is 6. The third kappa shape index (κ3) is 5.34. The van der Waals surface area contributed by atoms with Crippen LogP contribution in [0.25, 0.3) is 76.5 Å². The lowest BCUT2D eigenvalue weighted by molar-refractivity contribution is 1.30. The molecule has 0 fully saturated rings. The van der Waals surface area contributed by atoms with Gasteiger partial charge in [-0.1, -0.05) is 188 Å². The van der Waals surface area contributed by atoms with E-state index in [1.807, 2.05) is 0 Å². The number of fused-ring (bicyclic) bond motifs is 5. The fraction of sp³-hybridized carbons (Fsp3) is 0. The molecule has 248 valence electrons.